The summed E-state index contributed by atoms with van der Waals surface area (Å²) in [5.74, 6) is -0.457. The third-order valence-corrected chi connectivity index (χ3v) is 4.64. The van der Waals surface area contributed by atoms with E-state index in [1.807, 2.05) is 30.3 Å². The molecule has 0 saturated carbocycles. The molecule has 1 aliphatic rings. The summed E-state index contributed by atoms with van der Waals surface area (Å²) < 4.78 is 10.9. The highest BCUT2D eigenvalue weighted by molar-refractivity contribution is 5.79. The molecule has 0 aromatic heterocycles. The number of rotatable bonds is 6. The lowest BCUT2D eigenvalue weighted by atomic mass is 9.97. The first kappa shape index (κ1) is 21.2. The van der Waals surface area contributed by atoms with Gasteiger partial charge in [0.2, 0.25) is 0 Å². The van der Waals surface area contributed by atoms with Gasteiger partial charge in [0.25, 0.3) is 0 Å². The van der Waals surface area contributed by atoms with Crippen LogP contribution in [0.15, 0.2) is 30.3 Å². The van der Waals surface area contributed by atoms with Crippen molar-refractivity contribution >= 4 is 12.1 Å². The van der Waals surface area contributed by atoms with Crippen molar-refractivity contribution in [1.29, 1.82) is 0 Å². The minimum absolute atomic E-state index is 0.144. The number of hydrogen-bond acceptors (Lipinski definition) is 5. The fourth-order valence-electron chi connectivity index (χ4n) is 3.05. The molecule has 1 aromatic rings. The number of alkyl carbamates (subject to hydrolysis) is 1. The summed E-state index contributed by atoms with van der Waals surface area (Å²) in [6.07, 6.45) is 1.54. The average Bonchev–Trinajstić information content (AvgIpc) is 2.61. The summed E-state index contributed by atoms with van der Waals surface area (Å²) in [5.41, 5.74) is 0.239. The van der Waals surface area contributed by atoms with E-state index in [0.717, 1.165) is 31.5 Å². The number of benzene rings is 1. The second-order valence-electron chi connectivity index (χ2n) is 8.22. The third kappa shape index (κ3) is 7.59. The highest BCUT2D eigenvalue weighted by atomic mass is 16.6. The third-order valence-electron chi connectivity index (χ3n) is 4.64. The van der Waals surface area contributed by atoms with Gasteiger partial charge in [0.1, 0.15) is 5.60 Å². The van der Waals surface area contributed by atoms with Crippen molar-refractivity contribution in [2.45, 2.75) is 45.1 Å². The molecule has 1 aliphatic heterocycles. The molecule has 1 atom stereocenters. The van der Waals surface area contributed by atoms with Gasteiger partial charge in [-0.05, 0) is 65.2 Å². The Hall–Kier alpha value is -2.08. The van der Waals surface area contributed by atoms with Crippen LogP contribution in [0.3, 0.4) is 0 Å². The van der Waals surface area contributed by atoms with Gasteiger partial charge < -0.3 is 19.7 Å². The van der Waals surface area contributed by atoms with Crippen molar-refractivity contribution < 1.29 is 19.1 Å². The Bertz CT molecular complexity index is 604. The maximum atomic E-state index is 12.7. The second kappa shape index (κ2) is 9.74. The minimum atomic E-state index is -0.582. The molecule has 0 spiro atoms. The van der Waals surface area contributed by atoms with Gasteiger partial charge >= 0.3 is 12.1 Å². The molecule has 0 bridgehead atoms. The summed E-state index contributed by atoms with van der Waals surface area (Å²) in [6, 6.07) is 9.39. The molecule has 0 aliphatic carbocycles. The molecule has 1 unspecified atom stereocenters. The van der Waals surface area contributed by atoms with E-state index in [2.05, 4.69) is 17.3 Å². The van der Waals surface area contributed by atoms with Crippen LogP contribution in [0.5, 0.6) is 0 Å². The van der Waals surface area contributed by atoms with Crippen LogP contribution in [0.2, 0.25) is 0 Å². The fourth-order valence-corrected chi connectivity index (χ4v) is 3.05. The summed E-state index contributed by atoms with van der Waals surface area (Å²) >= 11 is 0. The predicted molar refractivity (Wildman–Crippen MR) is 105 cm³/mol. The molecule has 1 saturated heterocycles. The first-order valence-electron chi connectivity index (χ1n) is 9.61. The zero-order chi connectivity index (χ0) is 19.9. The fraction of sp³-hybridized carbons (Fsp3) is 0.619. The van der Waals surface area contributed by atoms with Crippen LogP contribution in [0.25, 0.3) is 0 Å². The molecule has 6 nitrogen and oxygen atoms in total. The van der Waals surface area contributed by atoms with Crippen LogP contribution in [0, 0.1) is 5.92 Å². The van der Waals surface area contributed by atoms with E-state index in [1.54, 1.807) is 20.8 Å². The van der Waals surface area contributed by atoms with Gasteiger partial charge in [0, 0.05) is 6.54 Å². The molecule has 150 valence electrons. The smallest absolute Gasteiger partial charge is 0.407 e. The monoisotopic (exact) mass is 376 g/mol. The molecule has 6 heteroatoms. The van der Waals surface area contributed by atoms with Crippen LogP contribution in [-0.4, -0.2) is 55.9 Å². The molecule has 1 N–H and O–H groups in total. The number of esters is 1. The van der Waals surface area contributed by atoms with E-state index in [0.29, 0.717) is 12.5 Å². The van der Waals surface area contributed by atoms with E-state index in [-0.39, 0.29) is 12.5 Å². The van der Waals surface area contributed by atoms with Crippen LogP contribution in [-0.2, 0) is 14.3 Å². The molecule has 2 rings (SSSR count). The molecule has 27 heavy (non-hydrogen) atoms. The number of hydrogen-bond donors (Lipinski definition) is 1. The quantitative estimate of drug-likeness (QED) is 0.773. The summed E-state index contributed by atoms with van der Waals surface area (Å²) in [7, 11) is 2.11. The van der Waals surface area contributed by atoms with Gasteiger partial charge in [0.15, 0.2) is 0 Å². The van der Waals surface area contributed by atoms with Crippen molar-refractivity contribution in [2.75, 3.05) is 33.3 Å². The Morgan fingerprint density at radius 2 is 1.81 bits per heavy atom. The maximum absolute atomic E-state index is 12.7. The van der Waals surface area contributed by atoms with Gasteiger partial charge in [-0.15, -0.1) is 0 Å². The Labute approximate surface area is 162 Å². The largest absolute Gasteiger partial charge is 0.465 e. The highest BCUT2D eigenvalue weighted by Gasteiger charge is 2.26. The molecular formula is C21H32N2O4. The summed E-state index contributed by atoms with van der Waals surface area (Å²) in [6.45, 7) is 8.05. The number of nitrogens with one attached hydrogen (secondary N) is 1. The van der Waals surface area contributed by atoms with Gasteiger partial charge in [-0.2, -0.15) is 0 Å². The number of carbonyl (C=O) groups is 2. The lowest BCUT2D eigenvalue weighted by Gasteiger charge is -2.29. The summed E-state index contributed by atoms with van der Waals surface area (Å²) in [4.78, 5) is 27.0. The van der Waals surface area contributed by atoms with Crippen LogP contribution in [0.4, 0.5) is 4.79 Å². The van der Waals surface area contributed by atoms with E-state index in [1.165, 1.54) is 0 Å². The Balaban J connectivity index is 1.93. The Morgan fingerprint density at radius 1 is 1.19 bits per heavy atom. The van der Waals surface area contributed by atoms with E-state index in [9.17, 15) is 9.59 Å². The Kier molecular flexibility index (Phi) is 7.66. The first-order chi connectivity index (χ1) is 12.7. The number of nitrogens with zero attached hydrogens (tertiary/aromatic N) is 1. The second-order valence-corrected chi connectivity index (χ2v) is 8.22. The SMILES string of the molecule is CN1CCC(COC(=O)C(CNC(=O)OC(C)(C)C)c2ccccc2)CC1. The molecule has 1 amide bonds. The molecule has 1 fully saturated rings. The number of likely N-dealkylation sites (tertiary alicyclic amines) is 1. The minimum Gasteiger partial charge on any atom is -0.465 e. The standard InChI is InChI=1S/C21H32N2O4/c1-21(2,3)27-20(25)22-14-18(17-8-6-5-7-9-17)19(24)26-15-16-10-12-23(4)13-11-16/h5-9,16,18H,10-15H2,1-4H3,(H,22,25). The van der Waals surface area contributed by atoms with Crippen molar-refractivity contribution in [3.8, 4) is 0 Å². The Morgan fingerprint density at radius 3 is 2.41 bits per heavy atom. The van der Waals surface area contributed by atoms with E-state index >= 15 is 0 Å². The van der Waals surface area contributed by atoms with E-state index in [4.69, 9.17) is 9.47 Å². The van der Waals surface area contributed by atoms with E-state index < -0.39 is 17.6 Å². The predicted octanol–water partition coefficient (Wildman–Crippen LogP) is 3.18. The van der Waals surface area contributed by atoms with Crippen molar-refractivity contribution in [3.63, 3.8) is 0 Å². The molecule has 1 aromatic carbocycles. The normalized spacial score (nSPS) is 17.2. The number of ether oxygens (including phenoxy) is 2. The zero-order valence-electron chi connectivity index (χ0n) is 16.9. The highest BCUT2D eigenvalue weighted by Crippen LogP contribution is 2.20. The van der Waals surface area contributed by atoms with Crippen molar-refractivity contribution in [1.82, 2.24) is 10.2 Å². The van der Waals surface area contributed by atoms with Gasteiger partial charge in [-0.3, -0.25) is 4.79 Å². The number of carbonyl (C=O) groups excluding carboxylic acids is 2. The van der Waals surface area contributed by atoms with Gasteiger partial charge in [-0.1, -0.05) is 30.3 Å². The molecule has 1 heterocycles. The van der Waals surface area contributed by atoms with Crippen LogP contribution >= 0.6 is 0 Å². The lowest BCUT2D eigenvalue weighted by molar-refractivity contribution is -0.147. The average molecular weight is 376 g/mol. The number of amides is 1. The zero-order valence-corrected chi connectivity index (χ0v) is 16.9. The number of piperidine rings is 1. The lowest BCUT2D eigenvalue weighted by Crippen LogP contribution is -2.37. The maximum Gasteiger partial charge on any atom is 0.407 e. The molecule has 0 radical (unpaired) electrons. The first-order valence-corrected chi connectivity index (χ1v) is 9.61. The van der Waals surface area contributed by atoms with Crippen LogP contribution in [0.1, 0.15) is 45.1 Å². The summed E-state index contributed by atoms with van der Waals surface area (Å²) in [5, 5.41) is 2.69. The van der Waals surface area contributed by atoms with Crippen molar-refractivity contribution in [3.05, 3.63) is 35.9 Å². The van der Waals surface area contributed by atoms with Gasteiger partial charge in [-0.25, -0.2) is 4.79 Å². The van der Waals surface area contributed by atoms with Gasteiger partial charge in [0.05, 0.1) is 12.5 Å². The topological polar surface area (TPSA) is 67.9 Å². The van der Waals surface area contributed by atoms with Crippen LogP contribution < -0.4 is 5.32 Å². The molecular weight excluding hydrogens is 344 g/mol. The van der Waals surface area contributed by atoms with Crippen molar-refractivity contribution in [2.24, 2.45) is 5.92 Å².